The second-order valence-corrected chi connectivity index (χ2v) is 8.52. The minimum Gasteiger partial charge on any atom is -0.436 e. The van der Waals surface area contributed by atoms with Crippen LogP contribution in [0.5, 0.6) is 0 Å². The highest BCUT2D eigenvalue weighted by Gasteiger charge is 2.14. The Hall–Kier alpha value is -3.62. The van der Waals surface area contributed by atoms with E-state index in [0.29, 0.717) is 33.8 Å². The summed E-state index contributed by atoms with van der Waals surface area (Å²) in [5.41, 5.74) is 3.02. The smallest absolute Gasteiger partial charge is 0.258 e. The van der Waals surface area contributed by atoms with Crippen molar-refractivity contribution in [3.63, 3.8) is 0 Å². The fraction of sp³-hybridized carbons (Fsp3) is 0. The maximum absolute atomic E-state index is 13.2. The minimum absolute atomic E-state index is 0.161. The Morgan fingerprint density at radius 3 is 2.55 bits per heavy atom. The maximum Gasteiger partial charge on any atom is 0.258 e. The molecule has 5 rings (SSSR count). The molecule has 0 saturated heterocycles. The molecule has 0 fully saturated rings. The van der Waals surface area contributed by atoms with Crippen LogP contribution in [0.2, 0.25) is 0 Å². The average molecular weight is 520 g/mol. The number of aromatic nitrogens is 1. The largest absolute Gasteiger partial charge is 0.436 e. The first-order valence-corrected chi connectivity index (χ1v) is 11.1. The molecule has 8 heteroatoms. The van der Waals surface area contributed by atoms with Crippen molar-refractivity contribution in [3.05, 3.63) is 94.7 Å². The lowest BCUT2D eigenvalue weighted by molar-refractivity contribution is 0.0979. The van der Waals surface area contributed by atoms with Crippen molar-refractivity contribution in [2.45, 2.75) is 0 Å². The zero-order chi connectivity index (χ0) is 22.9. The quantitative estimate of drug-likeness (QED) is 0.260. The van der Waals surface area contributed by atoms with Crippen molar-refractivity contribution in [1.82, 2.24) is 10.3 Å². The molecule has 0 atom stereocenters. The van der Waals surface area contributed by atoms with Gasteiger partial charge in [-0.2, -0.15) is 0 Å². The molecule has 0 aliphatic heterocycles. The third-order valence-electron chi connectivity index (χ3n) is 5.08. The molecule has 1 aromatic heterocycles. The van der Waals surface area contributed by atoms with E-state index in [4.69, 9.17) is 16.6 Å². The van der Waals surface area contributed by atoms with E-state index >= 15 is 0 Å². The summed E-state index contributed by atoms with van der Waals surface area (Å²) in [6, 6.07) is 22.4. The van der Waals surface area contributed by atoms with Crippen molar-refractivity contribution in [2.24, 2.45) is 0 Å². The Bertz CT molecular complexity index is 1530. The summed E-state index contributed by atoms with van der Waals surface area (Å²) in [7, 11) is 0. The number of benzene rings is 4. The topological polar surface area (TPSA) is 67.2 Å². The van der Waals surface area contributed by atoms with Gasteiger partial charge >= 0.3 is 0 Å². The van der Waals surface area contributed by atoms with Gasteiger partial charge in [0.05, 0.1) is 0 Å². The minimum atomic E-state index is -0.326. The predicted octanol–water partition coefficient (Wildman–Crippen LogP) is 6.68. The fourth-order valence-corrected chi connectivity index (χ4v) is 4.23. The molecule has 2 N–H and O–H groups in total. The van der Waals surface area contributed by atoms with E-state index in [1.165, 1.54) is 12.1 Å². The van der Waals surface area contributed by atoms with Gasteiger partial charge in [-0.05, 0) is 77.6 Å². The lowest BCUT2D eigenvalue weighted by atomic mass is 10.0. The molecule has 0 bridgehead atoms. The highest BCUT2D eigenvalue weighted by molar-refractivity contribution is 9.10. The molecule has 0 spiro atoms. The number of carbonyl (C=O) groups is 1. The summed E-state index contributed by atoms with van der Waals surface area (Å²) in [5, 5.41) is 7.66. The highest BCUT2D eigenvalue weighted by Crippen LogP contribution is 2.27. The molecule has 5 nitrogen and oxygen atoms in total. The summed E-state index contributed by atoms with van der Waals surface area (Å²) >= 11 is 8.86. The van der Waals surface area contributed by atoms with Gasteiger partial charge in [-0.1, -0.05) is 40.2 Å². The van der Waals surface area contributed by atoms with E-state index in [0.717, 1.165) is 15.2 Å². The second kappa shape index (κ2) is 8.73. The van der Waals surface area contributed by atoms with Crippen molar-refractivity contribution >= 4 is 66.7 Å². The maximum atomic E-state index is 13.2. The number of hydrogen-bond donors (Lipinski definition) is 2. The molecule has 5 aromatic rings. The number of fused-ring (bicyclic) bond motifs is 2. The van der Waals surface area contributed by atoms with E-state index in [9.17, 15) is 9.18 Å². The Labute approximate surface area is 201 Å². The third kappa shape index (κ3) is 4.35. The van der Waals surface area contributed by atoms with Crippen molar-refractivity contribution < 1.29 is 13.6 Å². The third-order valence-corrected chi connectivity index (χ3v) is 5.97. The van der Waals surface area contributed by atoms with E-state index in [-0.39, 0.29) is 16.8 Å². The first kappa shape index (κ1) is 21.2. The molecule has 0 aliphatic rings. The van der Waals surface area contributed by atoms with Crippen LogP contribution in [0.15, 0.2) is 87.8 Å². The molecular formula is C25H15BrFN3O2S. The number of nitrogens with one attached hydrogen (secondary N) is 2. The molecule has 4 aromatic carbocycles. The van der Waals surface area contributed by atoms with Crippen molar-refractivity contribution in [1.29, 1.82) is 0 Å². The van der Waals surface area contributed by atoms with Crippen molar-refractivity contribution in [2.75, 3.05) is 5.32 Å². The van der Waals surface area contributed by atoms with Gasteiger partial charge in [0, 0.05) is 21.3 Å². The summed E-state index contributed by atoms with van der Waals surface area (Å²) in [5.74, 6) is -0.245. The van der Waals surface area contributed by atoms with Gasteiger partial charge in [0.15, 0.2) is 10.7 Å². The number of oxazole rings is 1. The fourth-order valence-electron chi connectivity index (χ4n) is 3.52. The molecular weight excluding hydrogens is 505 g/mol. The first-order chi connectivity index (χ1) is 16.0. The number of amides is 1. The van der Waals surface area contributed by atoms with Crippen LogP contribution in [-0.2, 0) is 0 Å². The van der Waals surface area contributed by atoms with Gasteiger partial charge < -0.3 is 9.73 Å². The first-order valence-electron chi connectivity index (χ1n) is 9.94. The number of nitrogens with zero attached hydrogens (tertiary/aromatic N) is 1. The molecule has 33 heavy (non-hydrogen) atoms. The highest BCUT2D eigenvalue weighted by atomic mass is 79.9. The average Bonchev–Trinajstić information content (AvgIpc) is 3.23. The lowest BCUT2D eigenvalue weighted by Crippen LogP contribution is -2.34. The molecule has 0 unspecified atom stereocenters. The zero-order valence-electron chi connectivity index (χ0n) is 16.9. The molecule has 0 aliphatic carbocycles. The standard InChI is InChI=1S/C25H15BrFN3O2S/c26-20-6-2-3-17-18(20)4-1-5-19(17)23(31)30-25(33)28-16-11-12-22-21(13-16)29-24(32-22)14-7-9-15(27)10-8-14/h1-13H,(H2,28,30,31,33). The molecule has 0 radical (unpaired) electrons. The van der Waals surface area contributed by atoms with Crippen LogP contribution in [0.1, 0.15) is 10.4 Å². The van der Waals surface area contributed by atoms with Gasteiger partial charge in [-0.15, -0.1) is 0 Å². The van der Waals surface area contributed by atoms with Gasteiger partial charge in [0.2, 0.25) is 5.89 Å². The lowest BCUT2D eigenvalue weighted by Gasteiger charge is -2.11. The van der Waals surface area contributed by atoms with Gasteiger partial charge in [0.1, 0.15) is 11.3 Å². The normalized spacial score (nSPS) is 11.0. The predicted molar refractivity (Wildman–Crippen MR) is 135 cm³/mol. The van der Waals surface area contributed by atoms with E-state index < -0.39 is 0 Å². The van der Waals surface area contributed by atoms with Crippen LogP contribution < -0.4 is 10.6 Å². The number of anilines is 1. The molecule has 1 amide bonds. The van der Waals surface area contributed by atoms with Crippen LogP contribution >= 0.6 is 28.1 Å². The SMILES string of the molecule is O=C(NC(=S)Nc1ccc2oc(-c3ccc(F)cc3)nc2c1)c1cccc2c(Br)cccc12. The number of halogens is 2. The molecule has 1 heterocycles. The van der Waals surface area contributed by atoms with Crippen LogP contribution in [-0.4, -0.2) is 16.0 Å². The summed E-state index contributed by atoms with van der Waals surface area (Å²) < 4.78 is 19.8. The van der Waals surface area contributed by atoms with Crippen LogP contribution in [0.25, 0.3) is 33.3 Å². The van der Waals surface area contributed by atoms with Crippen LogP contribution in [0, 0.1) is 5.82 Å². The van der Waals surface area contributed by atoms with E-state index in [1.807, 2.05) is 30.3 Å². The Kier molecular flexibility index (Phi) is 5.62. The van der Waals surface area contributed by atoms with Gasteiger partial charge in [-0.25, -0.2) is 9.37 Å². The Morgan fingerprint density at radius 2 is 1.73 bits per heavy atom. The van der Waals surface area contributed by atoms with Crippen LogP contribution in [0.3, 0.4) is 0 Å². The summed E-state index contributed by atoms with van der Waals surface area (Å²) in [6.07, 6.45) is 0. The van der Waals surface area contributed by atoms with E-state index in [2.05, 4.69) is 31.5 Å². The number of hydrogen-bond acceptors (Lipinski definition) is 4. The van der Waals surface area contributed by atoms with Gasteiger partial charge in [0.25, 0.3) is 5.91 Å². The number of carbonyl (C=O) groups excluding carboxylic acids is 1. The Balaban J connectivity index is 1.33. The summed E-state index contributed by atoms with van der Waals surface area (Å²) in [6.45, 7) is 0. The molecule has 162 valence electrons. The second-order valence-electron chi connectivity index (χ2n) is 7.26. The zero-order valence-corrected chi connectivity index (χ0v) is 19.3. The number of rotatable bonds is 3. The van der Waals surface area contributed by atoms with Crippen molar-refractivity contribution in [3.8, 4) is 11.5 Å². The Morgan fingerprint density at radius 1 is 0.970 bits per heavy atom. The van der Waals surface area contributed by atoms with Gasteiger partial charge in [-0.3, -0.25) is 10.1 Å². The monoisotopic (exact) mass is 519 g/mol. The number of thiocarbonyl (C=S) groups is 1. The summed E-state index contributed by atoms with van der Waals surface area (Å²) in [4.78, 5) is 17.3. The molecule has 0 saturated carbocycles. The van der Waals surface area contributed by atoms with E-state index in [1.54, 1.807) is 36.4 Å². The van der Waals surface area contributed by atoms with Crippen LogP contribution in [0.4, 0.5) is 10.1 Å².